The molecule has 0 fully saturated rings. The fraction of sp³-hybridized carbons (Fsp3) is 0.222. The SMILES string of the molecule is COc1cc(Br)cc(COC(N)=O)c1. The first-order valence-electron chi connectivity index (χ1n) is 3.87. The number of carbonyl (C=O) groups excluding carboxylic acids is 1. The summed E-state index contributed by atoms with van der Waals surface area (Å²) in [6.07, 6.45) is -0.788. The van der Waals surface area contributed by atoms with E-state index in [0.29, 0.717) is 5.75 Å². The molecule has 0 radical (unpaired) electrons. The lowest BCUT2D eigenvalue weighted by Gasteiger charge is -2.05. The molecular weight excluding hydrogens is 250 g/mol. The van der Waals surface area contributed by atoms with E-state index < -0.39 is 6.09 Å². The average Bonchev–Trinajstić information content (AvgIpc) is 2.14. The average molecular weight is 260 g/mol. The number of rotatable bonds is 3. The molecule has 0 heterocycles. The van der Waals surface area contributed by atoms with Crippen molar-refractivity contribution in [3.8, 4) is 5.75 Å². The monoisotopic (exact) mass is 259 g/mol. The first kappa shape index (κ1) is 10.8. The van der Waals surface area contributed by atoms with Crippen LogP contribution in [0.1, 0.15) is 5.56 Å². The van der Waals surface area contributed by atoms with Gasteiger partial charge in [-0.15, -0.1) is 0 Å². The number of benzene rings is 1. The van der Waals surface area contributed by atoms with Crippen LogP contribution in [0, 0.1) is 0 Å². The van der Waals surface area contributed by atoms with Crippen LogP contribution in [0.2, 0.25) is 0 Å². The van der Waals surface area contributed by atoms with E-state index in [0.717, 1.165) is 10.0 Å². The minimum absolute atomic E-state index is 0.144. The van der Waals surface area contributed by atoms with E-state index in [1.807, 2.05) is 12.1 Å². The van der Waals surface area contributed by atoms with Crippen molar-refractivity contribution in [3.63, 3.8) is 0 Å². The molecule has 5 heteroatoms. The number of ether oxygens (including phenoxy) is 2. The lowest BCUT2D eigenvalue weighted by atomic mass is 10.2. The Kier molecular flexibility index (Phi) is 3.76. The van der Waals surface area contributed by atoms with Gasteiger partial charge >= 0.3 is 6.09 Å². The van der Waals surface area contributed by atoms with Crippen molar-refractivity contribution < 1.29 is 14.3 Å². The molecule has 0 aliphatic heterocycles. The van der Waals surface area contributed by atoms with Gasteiger partial charge in [-0.1, -0.05) is 15.9 Å². The van der Waals surface area contributed by atoms with E-state index in [1.54, 1.807) is 13.2 Å². The molecule has 4 nitrogen and oxygen atoms in total. The molecule has 1 aromatic carbocycles. The number of hydrogen-bond donors (Lipinski definition) is 1. The maximum atomic E-state index is 10.4. The second kappa shape index (κ2) is 4.85. The van der Waals surface area contributed by atoms with E-state index in [2.05, 4.69) is 20.7 Å². The highest BCUT2D eigenvalue weighted by Gasteiger charge is 2.01. The number of amides is 1. The molecule has 0 atom stereocenters. The summed E-state index contributed by atoms with van der Waals surface area (Å²) in [6.45, 7) is 0.144. The van der Waals surface area contributed by atoms with E-state index in [4.69, 9.17) is 10.5 Å². The Morgan fingerprint density at radius 3 is 2.79 bits per heavy atom. The van der Waals surface area contributed by atoms with Gasteiger partial charge in [0.05, 0.1) is 7.11 Å². The van der Waals surface area contributed by atoms with Crippen LogP contribution in [0.4, 0.5) is 4.79 Å². The van der Waals surface area contributed by atoms with Crippen molar-refractivity contribution in [2.45, 2.75) is 6.61 Å². The second-order valence-corrected chi connectivity index (χ2v) is 3.52. The Labute approximate surface area is 90.1 Å². The van der Waals surface area contributed by atoms with Gasteiger partial charge in [0.2, 0.25) is 0 Å². The summed E-state index contributed by atoms with van der Waals surface area (Å²) >= 11 is 3.31. The van der Waals surface area contributed by atoms with E-state index >= 15 is 0 Å². The van der Waals surface area contributed by atoms with Crippen LogP contribution in [0.5, 0.6) is 5.75 Å². The fourth-order valence-electron chi connectivity index (χ4n) is 0.976. The largest absolute Gasteiger partial charge is 0.497 e. The summed E-state index contributed by atoms with van der Waals surface area (Å²) in [4.78, 5) is 10.4. The highest BCUT2D eigenvalue weighted by atomic mass is 79.9. The Morgan fingerprint density at radius 2 is 2.21 bits per heavy atom. The van der Waals surface area contributed by atoms with Crippen molar-refractivity contribution in [1.82, 2.24) is 0 Å². The molecule has 0 spiro atoms. The summed E-state index contributed by atoms with van der Waals surface area (Å²) < 4.78 is 10.5. The first-order valence-corrected chi connectivity index (χ1v) is 4.67. The van der Waals surface area contributed by atoms with Crippen molar-refractivity contribution in [2.24, 2.45) is 5.73 Å². The van der Waals surface area contributed by atoms with Crippen LogP contribution < -0.4 is 10.5 Å². The Hall–Kier alpha value is -1.23. The van der Waals surface area contributed by atoms with Gasteiger partial charge in [0.15, 0.2) is 0 Å². The van der Waals surface area contributed by atoms with Gasteiger partial charge < -0.3 is 15.2 Å². The highest BCUT2D eigenvalue weighted by molar-refractivity contribution is 9.10. The molecule has 14 heavy (non-hydrogen) atoms. The molecule has 1 aromatic rings. The molecule has 0 aliphatic rings. The van der Waals surface area contributed by atoms with Gasteiger partial charge in [0.25, 0.3) is 0 Å². The molecule has 0 aliphatic carbocycles. The van der Waals surface area contributed by atoms with E-state index in [9.17, 15) is 4.79 Å². The van der Waals surface area contributed by atoms with Gasteiger partial charge in [0.1, 0.15) is 12.4 Å². The third kappa shape index (κ3) is 3.26. The first-order chi connectivity index (χ1) is 6.61. The van der Waals surface area contributed by atoms with Crippen molar-refractivity contribution in [1.29, 1.82) is 0 Å². The molecule has 0 saturated carbocycles. The smallest absolute Gasteiger partial charge is 0.404 e. The summed E-state index contributed by atoms with van der Waals surface area (Å²) in [5.41, 5.74) is 5.66. The van der Waals surface area contributed by atoms with Gasteiger partial charge in [-0.3, -0.25) is 0 Å². The highest BCUT2D eigenvalue weighted by Crippen LogP contribution is 2.21. The zero-order valence-corrected chi connectivity index (χ0v) is 9.21. The molecule has 0 aromatic heterocycles. The lowest BCUT2D eigenvalue weighted by Crippen LogP contribution is -2.12. The number of methoxy groups -OCH3 is 1. The summed E-state index contributed by atoms with van der Waals surface area (Å²) in [7, 11) is 1.57. The molecule has 2 N–H and O–H groups in total. The predicted octanol–water partition coefficient (Wildman–Crippen LogP) is 2.05. The number of carbonyl (C=O) groups is 1. The van der Waals surface area contributed by atoms with Gasteiger partial charge in [0, 0.05) is 4.47 Å². The van der Waals surface area contributed by atoms with E-state index in [-0.39, 0.29) is 6.61 Å². The Balaban J connectivity index is 2.76. The summed E-state index contributed by atoms with van der Waals surface area (Å²) in [5.74, 6) is 0.697. The third-order valence-electron chi connectivity index (χ3n) is 1.55. The molecular formula is C9H10BrNO3. The van der Waals surface area contributed by atoms with Crippen molar-refractivity contribution in [2.75, 3.05) is 7.11 Å². The van der Waals surface area contributed by atoms with Crippen LogP contribution in [-0.4, -0.2) is 13.2 Å². The number of hydrogen-bond acceptors (Lipinski definition) is 3. The standard InChI is InChI=1S/C9H10BrNO3/c1-13-8-3-6(2-7(10)4-8)5-14-9(11)12/h2-4H,5H2,1H3,(H2,11,12). The molecule has 1 amide bonds. The number of primary amides is 1. The minimum Gasteiger partial charge on any atom is -0.497 e. The van der Waals surface area contributed by atoms with Gasteiger partial charge in [-0.2, -0.15) is 0 Å². The van der Waals surface area contributed by atoms with E-state index in [1.165, 1.54) is 0 Å². The zero-order chi connectivity index (χ0) is 10.6. The zero-order valence-electron chi connectivity index (χ0n) is 7.62. The van der Waals surface area contributed by atoms with Crippen LogP contribution in [-0.2, 0) is 11.3 Å². The van der Waals surface area contributed by atoms with Crippen LogP contribution in [0.15, 0.2) is 22.7 Å². The lowest BCUT2D eigenvalue weighted by molar-refractivity contribution is 0.150. The second-order valence-electron chi connectivity index (χ2n) is 2.61. The summed E-state index contributed by atoms with van der Waals surface area (Å²) in [6, 6.07) is 5.41. The molecule has 0 bridgehead atoms. The normalized spacial score (nSPS) is 9.57. The molecule has 0 unspecified atom stereocenters. The predicted molar refractivity (Wildman–Crippen MR) is 55.1 cm³/mol. The number of halogens is 1. The maximum absolute atomic E-state index is 10.4. The molecule has 76 valence electrons. The van der Waals surface area contributed by atoms with Crippen molar-refractivity contribution >= 4 is 22.0 Å². The molecule has 1 rings (SSSR count). The van der Waals surface area contributed by atoms with Crippen molar-refractivity contribution in [3.05, 3.63) is 28.2 Å². The third-order valence-corrected chi connectivity index (χ3v) is 2.01. The van der Waals surface area contributed by atoms with Crippen LogP contribution in [0.25, 0.3) is 0 Å². The quantitative estimate of drug-likeness (QED) is 0.904. The van der Waals surface area contributed by atoms with Crippen LogP contribution in [0.3, 0.4) is 0 Å². The van der Waals surface area contributed by atoms with Gasteiger partial charge in [-0.25, -0.2) is 4.79 Å². The number of nitrogens with two attached hydrogens (primary N) is 1. The summed E-state index contributed by atoms with van der Waals surface area (Å²) in [5, 5.41) is 0. The van der Waals surface area contributed by atoms with Crippen LogP contribution >= 0.6 is 15.9 Å². The minimum atomic E-state index is -0.788. The van der Waals surface area contributed by atoms with Gasteiger partial charge in [-0.05, 0) is 23.8 Å². The maximum Gasteiger partial charge on any atom is 0.404 e. The Bertz CT molecular complexity index is 341. The molecule has 0 saturated heterocycles. The Morgan fingerprint density at radius 1 is 1.50 bits per heavy atom. The topological polar surface area (TPSA) is 61.6 Å². The fourth-order valence-corrected chi connectivity index (χ4v) is 1.50.